The number of fused-ring (bicyclic) bond motifs is 3. The summed E-state index contributed by atoms with van der Waals surface area (Å²) in [5, 5.41) is 1.65. The first-order valence-electron chi connectivity index (χ1n) is 16.2. The third kappa shape index (κ3) is 5.63. The Kier molecular flexibility index (Phi) is 10.2. The van der Waals surface area contributed by atoms with E-state index in [1.165, 1.54) is 31.1 Å². The summed E-state index contributed by atoms with van der Waals surface area (Å²) in [6.07, 6.45) is 3.66. The van der Waals surface area contributed by atoms with Gasteiger partial charge in [0.25, 0.3) is 0 Å². The summed E-state index contributed by atoms with van der Waals surface area (Å²) < 4.78 is 11.8. The van der Waals surface area contributed by atoms with Crippen LogP contribution in [0.4, 0.5) is 0 Å². The van der Waals surface area contributed by atoms with Crippen molar-refractivity contribution >= 4 is 43.6 Å². The zero-order chi connectivity index (χ0) is 31.1. The molecule has 238 valence electrons. The summed E-state index contributed by atoms with van der Waals surface area (Å²) in [5.41, 5.74) is 10.6. The third-order valence-corrected chi connectivity index (χ3v) is 30.6. The average molecular weight is 727 g/mol. The molecule has 0 heterocycles. The summed E-state index contributed by atoms with van der Waals surface area (Å²) >= 11 is -4.50. The second-order valence-electron chi connectivity index (χ2n) is 16.6. The zero-order valence-electron chi connectivity index (χ0n) is 29.4. The molecule has 0 radical (unpaired) electrons. The van der Waals surface area contributed by atoms with Gasteiger partial charge in [-0.3, -0.25) is 0 Å². The summed E-state index contributed by atoms with van der Waals surface area (Å²) in [5.74, 6) is 0.412. The fraction of sp³-hybridized carbons (Fsp3) is 0.425. The van der Waals surface area contributed by atoms with E-state index in [2.05, 4.69) is 149 Å². The van der Waals surface area contributed by atoms with Crippen molar-refractivity contribution in [1.82, 2.24) is 0 Å². The van der Waals surface area contributed by atoms with Crippen LogP contribution in [0.15, 0.2) is 80.8 Å². The number of benzene rings is 3. The maximum atomic E-state index is 5.76. The number of rotatable bonds is 5. The van der Waals surface area contributed by atoms with Gasteiger partial charge in [-0.05, 0) is 0 Å². The minimum atomic E-state index is -4.50. The molecular weight excluding hydrogens is 671 g/mol. The van der Waals surface area contributed by atoms with Crippen LogP contribution in [0.5, 0.6) is 0 Å². The fourth-order valence-corrected chi connectivity index (χ4v) is 28.9. The SMILES string of the molecule is Cl.Cl.[CH2]=[Zr]([CH2]C)([C]1=C(C)C([Si](C)(C)C)=CC1C)([c]1ccccc1)[c]1c(C(C)(C)C)ccc2c1Cc1cc(C(C)(C)C)ccc1-2. The maximum absolute atomic E-state index is 5.76. The van der Waals surface area contributed by atoms with Gasteiger partial charge in [-0.1, -0.05) is 0 Å². The second-order valence-corrected chi connectivity index (χ2v) is 35.7. The van der Waals surface area contributed by atoms with Crippen LogP contribution in [0.1, 0.15) is 84.6 Å². The van der Waals surface area contributed by atoms with Crippen molar-refractivity contribution in [2.75, 3.05) is 0 Å². The van der Waals surface area contributed by atoms with Gasteiger partial charge in [0, 0.05) is 0 Å². The Hall–Kier alpha value is -1.31. The van der Waals surface area contributed by atoms with Crippen LogP contribution >= 0.6 is 24.8 Å². The molecule has 0 fully saturated rings. The van der Waals surface area contributed by atoms with E-state index in [4.69, 9.17) is 4.21 Å². The van der Waals surface area contributed by atoms with Crippen molar-refractivity contribution in [2.45, 2.75) is 103 Å². The molecule has 0 aromatic heterocycles. The normalized spacial score (nSPS) is 17.0. The van der Waals surface area contributed by atoms with Gasteiger partial charge in [-0.25, -0.2) is 0 Å². The average Bonchev–Trinajstić information content (AvgIpc) is 3.43. The predicted molar refractivity (Wildman–Crippen MR) is 203 cm³/mol. The van der Waals surface area contributed by atoms with Gasteiger partial charge in [-0.2, -0.15) is 0 Å². The van der Waals surface area contributed by atoms with Crippen LogP contribution < -0.4 is 6.54 Å². The number of hydrogen-bond donors (Lipinski definition) is 0. The molecule has 1 unspecified atom stereocenters. The molecule has 2 aliphatic rings. The van der Waals surface area contributed by atoms with Gasteiger partial charge in [0.2, 0.25) is 0 Å². The molecule has 0 amide bonds. The summed E-state index contributed by atoms with van der Waals surface area (Å²) in [4.78, 5) is 0. The Bertz CT molecular complexity index is 1700. The first-order valence-corrected chi connectivity index (χ1v) is 26.8. The predicted octanol–water partition coefficient (Wildman–Crippen LogP) is 10.9. The molecule has 0 spiro atoms. The second kappa shape index (κ2) is 12.0. The van der Waals surface area contributed by atoms with Crippen LogP contribution in [-0.2, 0) is 35.5 Å². The van der Waals surface area contributed by atoms with E-state index in [0.29, 0.717) is 5.92 Å². The van der Waals surface area contributed by atoms with Gasteiger partial charge in [0.05, 0.1) is 0 Å². The standard InChI is InChI=1S/C21H25.C10H17Si.C6H5.C2H5.CH2.2ClH.Zr/c1-20(2,3)16-7-9-18-14(12-16)11-15-13-17(21(4,5)6)8-10-19(15)18;1-8-6-9(2)10(7-8)11(3,4)5;1-2-4-6-5-3-1;1-2;;;;/h7-10,12H,11H2,1-6H3;7-8H,1-5H3;1-5H;1H2,2H3;1H2;2*1H;. The minimum absolute atomic E-state index is 0. The van der Waals surface area contributed by atoms with Crippen LogP contribution in [-0.4, -0.2) is 12.3 Å². The molecule has 44 heavy (non-hydrogen) atoms. The van der Waals surface area contributed by atoms with E-state index in [0.717, 1.165) is 10.5 Å². The van der Waals surface area contributed by atoms with Gasteiger partial charge in [0.15, 0.2) is 0 Å². The monoisotopic (exact) mass is 724 g/mol. The van der Waals surface area contributed by atoms with Crippen molar-refractivity contribution in [1.29, 1.82) is 0 Å². The van der Waals surface area contributed by atoms with Crippen molar-refractivity contribution in [3.05, 3.63) is 103 Å². The first kappa shape index (κ1) is 37.2. The molecule has 0 nitrogen and oxygen atoms in total. The number of allylic oxidation sites excluding steroid dienone is 4. The van der Waals surface area contributed by atoms with E-state index < -0.39 is 26.4 Å². The number of halogens is 2. The van der Waals surface area contributed by atoms with Gasteiger partial charge < -0.3 is 0 Å². The fourth-order valence-electron chi connectivity index (χ4n) is 8.66. The zero-order valence-corrected chi connectivity index (χ0v) is 34.5. The third-order valence-electron chi connectivity index (χ3n) is 10.7. The molecule has 0 aliphatic heterocycles. The molecule has 4 heteroatoms. The Morgan fingerprint density at radius 2 is 1.43 bits per heavy atom. The van der Waals surface area contributed by atoms with Crippen LogP contribution in [0.25, 0.3) is 11.1 Å². The van der Waals surface area contributed by atoms with E-state index in [9.17, 15) is 0 Å². The van der Waals surface area contributed by atoms with Crippen molar-refractivity contribution in [3.63, 3.8) is 0 Å². The Morgan fingerprint density at radius 3 is 1.93 bits per heavy atom. The topological polar surface area (TPSA) is 0 Å². The Labute approximate surface area is 283 Å². The van der Waals surface area contributed by atoms with Crippen LogP contribution in [0.3, 0.4) is 0 Å². The van der Waals surface area contributed by atoms with Crippen LogP contribution in [0.2, 0.25) is 23.8 Å². The summed E-state index contributed by atoms with van der Waals surface area (Å²) in [6, 6.07) is 23.9. The van der Waals surface area contributed by atoms with Gasteiger partial charge in [-0.15, -0.1) is 24.8 Å². The molecule has 0 saturated carbocycles. The quantitative estimate of drug-likeness (QED) is 0.180. The summed E-state index contributed by atoms with van der Waals surface area (Å²) in [6.45, 7) is 29.2. The van der Waals surface area contributed by atoms with E-state index in [-0.39, 0.29) is 35.6 Å². The number of hydrogen-bond acceptors (Lipinski definition) is 0. The van der Waals surface area contributed by atoms with E-state index in [1.807, 2.05) is 0 Å². The van der Waals surface area contributed by atoms with Gasteiger partial charge >= 0.3 is 261 Å². The van der Waals surface area contributed by atoms with Crippen molar-refractivity contribution < 1.29 is 18.3 Å². The summed E-state index contributed by atoms with van der Waals surface area (Å²) in [7, 11) is -1.53. The van der Waals surface area contributed by atoms with Crippen molar-refractivity contribution in [3.8, 4) is 11.1 Å². The molecular formula is C40H56Cl2SiZr. The molecule has 5 rings (SSSR count). The molecule has 0 bridgehead atoms. The Morgan fingerprint density at radius 1 is 0.841 bits per heavy atom. The molecule has 0 N–H and O–H groups in total. The molecule has 0 saturated heterocycles. The Balaban J connectivity index is 0.00000264. The molecule has 3 aromatic carbocycles. The molecule has 1 atom stereocenters. The van der Waals surface area contributed by atoms with E-state index >= 15 is 0 Å². The van der Waals surface area contributed by atoms with Crippen LogP contribution in [0, 0.1) is 5.92 Å². The van der Waals surface area contributed by atoms with Gasteiger partial charge in [0.1, 0.15) is 0 Å². The molecule has 3 aromatic rings. The van der Waals surface area contributed by atoms with Crippen molar-refractivity contribution in [2.24, 2.45) is 5.92 Å². The van der Waals surface area contributed by atoms with E-state index in [1.54, 1.807) is 22.9 Å². The first-order chi connectivity index (χ1) is 19.3. The molecule has 2 aliphatic carbocycles.